The predicted octanol–water partition coefficient (Wildman–Crippen LogP) is 6.04. The van der Waals surface area contributed by atoms with Crippen molar-refractivity contribution in [3.8, 4) is 0 Å². The van der Waals surface area contributed by atoms with Gasteiger partial charge >= 0.3 is 0 Å². The first-order chi connectivity index (χ1) is 14.4. The number of carboxylic acid groups (broad SMARTS) is 1. The second-order valence-electron chi connectivity index (χ2n) is 11.2. The minimum absolute atomic E-state index is 0.250. The first-order valence-corrected chi connectivity index (χ1v) is 12.7. The molecule has 4 saturated carbocycles. The molecule has 4 heteroatoms. The van der Waals surface area contributed by atoms with Crippen LogP contribution in [0.2, 0.25) is 0 Å². The minimum Gasteiger partial charge on any atom is -0.483 e. The molecule has 0 aromatic heterocycles. The van der Waals surface area contributed by atoms with Crippen LogP contribution in [0.4, 0.5) is 0 Å². The van der Waals surface area contributed by atoms with Gasteiger partial charge in [-0.2, -0.15) is 0 Å². The van der Waals surface area contributed by atoms with E-state index in [1.54, 1.807) is 0 Å². The smallest absolute Gasteiger partial charge is 0.290 e. The molecule has 4 aliphatic rings. The van der Waals surface area contributed by atoms with Crippen molar-refractivity contribution >= 4 is 12.4 Å². The fourth-order valence-corrected chi connectivity index (χ4v) is 8.67. The summed E-state index contributed by atoms with van der Waals surface area (Å²) in [5.41, 5.74) is 1.24. The van der Waals surface area contributed by atoms with E-state index in [2.05, 4.69) is 19.2 Å². The summed E-state index contributed by atoms with van der Waals surface area (Å²) in [6.45, 7) is 7.87. The van der Waals surface area contributed by atoms with Gasteiger partial charge in [0.15, 0.2) is 0 Å². The molecule has 7 unspecified atom stereocenters. The van der Waals surface area contributed by atoms with Crippen LogP contribution in [-0.2, 0) is 9.59 Å². The maximum atomic E-state index is 11.8. The molecule has 7 atom stereocenters. The lowest BCUT2D eigenvalue weighted by atomic mass is 9.45. The van der Waals surface area contributed by atoms with E-state index in [-0.39, 0.29) is 12.4 Å². The molecule has 30 heavy (non-hydrogen) atoms. The summed E-state index contributed by atoms with van der Waals surface area (Å²) < 4.78 is 0. The summed E-state index contributed by atoms with van der Waals surface area (Å²) in [7, 11) is 0. The molecule has 0 aromatic carbocycles. The van der Waals surface area contributed by atoms with Gasteiger partial charge in [0.25, 0.3) is 6.47 Å². The van der Waals surface area contributed by atoms with Crippen molar-refractivity contribution in [2.45, 2.75) is 104 Å². The van der Waals surface area contributed by atoms with Crippen LogP contribution in [0.15, 0.2) is 0 Å². The Labute approximate surface area is 184 Å². The van der Waals surface area contributed by atoms with E-state index in [1.807, 2.05) is 6.92 Å². The molecule has 172 valence electrons. The zero-order valence-corrected chi connectivity index (χ0v) is 19.6. The highest BCUT2D eigenvalue weighted by molar-refractivity contribution is 5.75. The molecule has 4 aliphatic carbocycles. The monoisotopic (exact) mass is 419 g/mol. The van der Waals surface area contributed by atoms with E-state index >= 15 is 0 Å². The maximum Gasteiger partial charge on any atom is 0.290 e. The number of hydrogen-bond donors (Lipinski definition) is 2. The standard InChI is InChI=1S/C25H43NO.CH2O2/c1-4-26-23(27)10-7-9-19-12-14-21-20-13-11-18-8-5-6-16-24(18,2)22(20)15-17-25(19,21)3;2-1-3/h18-22H,4-17H2,1-3H3,(H,26,27);1H,(H,2,3). The molecule has 0 radical (unpaired) electrons. The lowest BCUT2D eigenvalue weighted by Crippen LogP contribution is -2.52. The van der Waals surface area contributed by atoms with Crippen molar-refractivity contribution in [2.24, 2.45) is 40.4 Å². The van der Waals surface area contributed by atoms with E-state index in [1.165, 1.54) is 70.6 Å². The van der Waals surface area contributed by atoms with Crippen molar-refractivity contribution in [1.82, 2.24) is 5.32 Å². The number of nitrogens with one attached hydrogen (secondary N) is 1. The van der Waals surface area contributed by atoms with Gasteiger partial charge in [0, 0.05) is 13.0 Å². The predicted molar refractivity (Wildman–Crippen MR) is 121 cm³/mol. The van der Waals surface area contributed by atoms with Gasteiger partial charge in [-0.3, -0.25) is 9.59 Å². The Morgan fingerprint density at radius 1 is 1.00 bits per heavy atom. The Balaban J connectivity index is 0.000000806. The number of rotatable bonds is 5. The van der Waals surface area contributed by atoms with Gasteiger partial charge in [-0.15, -0.1) is 0 Å². The first-order valence-electron chi connectivity index (χ1n) is 12.7. The highest BCUT2D eigenvalue weighted by Gasteiger charge is 2.59. The minimum atomic E-state index is -0.250. The molecule has 2 N–H and O–H groups in total. The van der Waals surface area contributed by atoms with Crippen molar-refractivity contribution in [3.05, 3.63) is 0 Å². The number of carbonyl (C=O) groups is 2. The summed E-state index contributed by atoms with van der Waals surface area (Å²) in [6.07, 6.45) is 18.0. The Morgan fingerprint density at radius 2 is 1.73 bits per heavy atom. The van der Waals surface area contributed by atoms with Crippen LogP contribution in [0.5, 0.6) is 0 Å². The molecule has 4 rings (SSSR count). The fraction of sp³-hybridized carbons (Fsp3) is 0.923. The lowest BCUT2D eigenvalue weighted by molar-refractivity contribution is -0.123. The topological polar surface area (TPSA) is 66.4 Å². The Bertz CT molecular complexity index is 593. The number of hydrogen-bond acceptors (Lipinski definition) is 2. The van der Waals surface area contributed by atoms with Gasteiger partial charge in [-0.25, -0.2) is 0 Å². The summed E-state index contributed by atoms with van der Waals surface area (Å²) in [4.78, 5) is 20.2. The Hall–Kier alpha value is -1.06. The van der Waals surface area contributed by atoms with E-state index < -0.39 is 0 Å². The molecule has 0 saturated heterocycles. The summed E-state index contributed by atoms with van der Waals surface area (Å²) in [6, 6.07) is 0. The zero-order valence-electron chi connectivity index (χ0n) is 19.6. The van der Waals surface area contributed by atoms with Crippen LogP contribution >= 0.6 is 0 Å². The Kier molecular flexibility index (Phi) is 7.90. The van der Waals surface area contributed by atoms with Gasteiger partial charge in [0.05, 0.1) is 0 Å². The molecule has 0 bridgehead atoms. The van der Waals surface area contributed by atoms with Crippen molar-refractivity contribution in [1.29, 1.82) is 0 Å². The molecule has 0 aromatic rings. The second kappa shape index (κ2) is 10.0. The first kappa shape index (κ1) is 23.6. The zero-order chi connectivity index (χ0) is 21.8. The van der Waals surface area contributed by atoms with Crippen LogP contribution in [0.3, 0.4) is 0 Å². The molecule has 4 fully saturated rings. The van der Waals surface area contributed by atoms with Gasteiger partial charge in [0.2, 0.25) is 5.91 Å². The lowest BCUT2D eigenvalue weighted by Gasteiger charge is -2.60. The van der Waals surface area contributed by atoms with Crippen LogP contribution in [0.1, 0.15) is 104 Å². The highest BCUT2D eigenvalue weighted by atomic mass is 16.3. The van der Waals surface area contributed by atoms with Gasteiger partial charge in [0.1, 0.15) is 0 Å². The van der Waals surface area contributed by atoms with Crippen LogP contribution < -0.4 is 5.32 Å². The average molecular weight is 420 g/mol. The van der Waals surface area contributed by atoms with Crippen LogP contribution in [0, 0.1) is 40.4 Å². The third-order valence-electron chi connectivity index (χ3n) is 10.1. The number of amides is 1. The molecule has 0 aliphatic heterocycles. The average Bonchev–Trinajstić information content (AvgIpc) is 3.05. The summed E-state index contributed by atoms with van der Waals surface area (Å²) in [5.74, 6) is 5.16. The van der Waals surface area contributed by atoms with E-state index in [9.17, 15) is 4.79 Å². The molecule has 1 amide bonds. The second-order valence-corrected chi connectivity index (χ2v) is 11.2. The summed E-state index contributed by atoms with van der Waals surface area (Å²) in [5, 5.41) is 9.85. The largest absolute Gasteiger partial charge is 0.483 e. The van der Waals surface area contributed by atoms with E-state index in [4.69, 9.17) is 9.90 Å². The van der Waals surface area contributed by atoms with Gasteiger partial charge < -0.3 is 10.4 Å². The maximum absolute atomic E-state index is 11.8. The SMILES string of the molecule is CCNC(=O)CCCC1CCC2C3CCC4CCCCC4(C)C3CCC12C.O=CO. The van der Waals surface area contributed by atoms with Crippen LogP contribution in [0.25, 0.3) is 0 Å². The van der Waals surface area contributed by atoms with Crippen molar-refractivity contribution in [3.63, 3.8) is 0 Å². The van der Waals surface area contributed by atoms with Gasteiger partial charge in [-0.05, 0) is 112 Å². The molecule has 0 heterocycles. The summed E-state index contributed by atoms with van der Waals surface area (Å²) >= 11 is 0. The molecular weight excluding hydrogens is 374 g/mol. The van der Waals surface area contributed by atoms with E-state index in [0.717, 1.165) is 49.0 Å². The van der Waals surface area contributed by atoms with Crippen molar-refractivity contribution < 1.29 is 14.7 Å². The Morgan fingerprint density at radius 3 is 2.47 bits per heavy atom. The molecule has 0 spiro atoms. The number of fused-ring (bicyclic) bond motifs is 5. The fourth-order valence-electron chi connectivity index (χ4n) is 8.67. The quantitative estimate of drug-likeness (QED) is 0.534. The number of carbonyl (C=O) groups excluding carboxylic acids is 1. The molecule has 4 nitrogen and oxygen atoms in total. The van der Waals surface area contributed by atoms with Crippen molar-refractivity contribution in [2.75, 3.05) is 6.54 Å². The van der Waals surface area contributed by atoms with Crippen LogP contribution in [-0.4, -0.2) is 24.0 Å². The normalized spacial score (nSPS) is 42.0. The van der Waals surface area contributed by atoms with E-state index in [0.29, 0.717) is 10.8 Å². The third-order valence-corrected chi connectivity index (χ3v) is 10.1. The third kappa shape index (κ3) is 4.43. The highest BCUT2D eigenvalue weighted by Crippen LogP contribution is 2.67. The molecular formula is C26H45NO3. The van der Waals surface area contributed by atoms with Gasteiger partial charge in [-0.1, -0.05) is 26.7 Å².